The maximum absolute atomic E-state index is 14.4. The highest BCUT2D eigenvalue weighted by Crippen LogP contribution is 2.41. The summed E-state index contributed by atoms with van der Waals surface area (Å²) in [7, 11) is -4.64. The first kappa shape index (κ1) is 20.4. The molecule has 0 fully saturated rings. The van der Waals surface area contributed by atoms with Gasteiger partial charge >= 0.3 is 0 Å². The fourth-order valence-electron chi connectivity index (χ4n) is 2.88. The molecule has 3 aromatic rings. The third-order valence-corrected chi connectivity index (χ3v) is 7.84. The Morgan fingerprint density at radius 3 is 1.61 bits per heavy atom. The lowest BCUT2D eigenvalue weighted by molar-refractivity contribution is 0.574. The zero-order chi connectivity index (χ0) is 20.0. The summed E-state index contributed by atoms with van der Waals surface area (Å²) in [5.41, 5.74) is 4.48. The van der Waals surface area contributed by atoms with Gasteiger partial charge in [0.05, 0.1) is 6.04 Å². The zero-order valence-corrected chi connectivity index (χ0v) is 18.5. The van der Waals surface area contributed by atoms with Crippen molar-refractivity contribution in [2.75, 3.05) is 0 Å². The second kappa shape index (κ2) is 8.75. The van der Waals surface area contributed by atoms with Crippen molar-refractivity contribution >= 4 is 26.0 Å². The fraction of sp³-hybridized carbons (Fsp3) is 0.167. The molecule has 0 saturated heterocycles. The smallest absolute Gasteiger partial charge is 0.205 e. The summed E-state index contributed by atoms with van der Waals surface area (Å²) < 4.78 is 14.4. The molecule has 0 amide bonds. The second-order valence-electron chi connectivity index (χ2n) is 7.77. The molecule has 142 valence electrons. The van der Waals surface area contributed by atoms with Crippen molar-refractivity contribution in [2.24, 2.45) is 0 Å². The van der Waals surface area contributed by atoms with Crippen LogP contribution in [0.3, 0.4) is 0 Å². The van der Waals surface area contributed by atoms with Crippen molar-refractivity contribution < 1.29 is 4.57 Å². The maximum Gasteiger partial charge on any atom is 0.205 e. The summed E-state index contributed by atoms with van der Waals surface area (Å²) in [4.78, 5) is 0. The summed E-state index contributed by atoms with van der Waals surface area (Å²) in [5, 5.41) is 5.03. The van der Waals surface area contributed by atoms with Gasteiger partial charge in [0, 0.05) is 10.6 Å². The van der Waals surface area contributed by atoms with Crippen LogP contribution in [-0.2, 0) is 4.57 Å². The number of hydrogen-bond acceptors (Lipinski definition) is 1. The molecule has 4 heteroatoms. The third kappa shape index (κ3) is 5.12. The van der Waals surface area contributed by atoms with Crippen LogP contribution >= 0.6 is 7.29 Å². The molecule has 3 rings (SSSR count). The van der Waals surface area contributed by atoms with E-state index in [-0.39, 0.29) is 6.04 Å². The predicted octanol–water partition coefficient (Wildman–Crippen LogP) is 5.13. The summed E-state index contributed by atoms with van der Waals surface area (Å²) in [5.74, 6) is 3.40. The van der Waals surface area contributed by atoms with Crippen molar-refractivity contribution in [3.05, 3.63) is 96.6 Å². The van der Waals surface area contributed by atoms with E-state index in [2.05, 4.69) is 36.2 Å². The molecule has 0 aliphatic rings. The number of nitrogens with one attached hydrogen (secondary N) is 1. The molecule has 1 N–H and O–H groups in total. The Bertz CT molecular complexity index is 959. The van der Waals surface area contributed by atoms with E-state index < -0.39 is 15.4 Å². The Morgan fingerprint density at radius 2 is 1.18 bits per heavy atom. The van der Waals surface area contributed by atoms with Crippen molar-refractivity contribution in [2.45, 2.75) is 25.7 Å². The topological polar surface area (TPSA) is 29.1 Å². The lowest BCUT2D eigenvalue weighted by Crippen LogP contribution is -2.30. The van der Waals surface area contributed by atoms with Crippen LogP contribution in [-0.4, -0.2) is 8.07 Å². The fourth-order valence-corrected chi connectivity index (χ4v) is 5.81. The normalized spacial score (nSPS) is 12.7. The molecule has 0 aliphatic carbocycles. The van der Waals surface area contributed by atoms with Crippen LogP contribution in [0.4, 0.5) is 0 Å². The Hall–Kier alpha value is -2.37. The van der Waals surface area contributed by atoms with E-state index in [0.29, 0.717) is 0 Å². The van der Waals surface area contributed by atoms with Gasteiger partial charge in [0.25, 0.3) is 0 Å². The second-order valence-corrected chi connectivity index (χ2v) is 15.0. The van der Waals surface area contributed by atoms with Crippen LogP contribution in [0.25, 0.3) is 0 Å². The van der Waals surface area contributed by atoms with Crippen LogP contribution in [0.2, 0.25) is 19.6 Å². The van der Waals surface area contributed by atoms with Gasteiger partial charge < -0.3 is 0 Å². The minimum Gasteiger partial charge on any atom is -0.296 e. The van der Waals surface area contributed by atoms with Crippen LogP contribution in [0, 0.1) is 11.5 Å². The number of rotatable bonds is 5. The van der Waals surface area contributed by atoms with Gasteiger partial charge in [-0.1, -0.05) is 92.3 Å². The van der Waals surface area contributed by atoms with Gasteiger partial charge in [-0.3, -0.25) is 4.57 Å². The van der Waals surface area contributed by atoms with E-state index in [1.165, 1.54) is 0 Å². The summed E-state index contributed by atoms with van der Waals surface area (Å²) in [6, 6.07) is 29.1. The number of hydrogen-bond donors (Lipinski definition) is 1. The average Bonchev–Trinajstić information content (AvgIpc) is 2.72. The standard InChI is InChI=1S/C24H26NOPSi/c1-28(2,3)20-19-24(21-13-7-4-8-14-21)25-27(26,22-15-9-5-10-16-22)23-17-11-6-12-18-23/h4-18,24H,1-3H3,(H,25,26)/t24-/m1/s1. The van der Waals surface area contributed by atoms with Crippen LogP contribution in [0.1, 0.15) is 11.6 Å². The molecule has 0 aliphatic heterocycles. The molecular formula is C24H26NOPSi. The maximum atomic E-state index is 14.4. The Labute approximate surface area is 169 Å². The quantitative estimate of drug-likeness (QED) is 0.364. The molecule has 0 saturated carbocycles. The SMILES string of the molecule is C[Si](C)(C)C#C[C@@H](NP(=O)(c1ccccc1)c1ccccc1)c1ccccc1. The molecular weight excluding hydrogens is 377 g/mol. The van der Waals surface area contributed by atoms with Gasteiger partial charge in [-0.15, -0.1) is 5.54 Å². The number of benzene rings is 3. The molecule has 0 heterocycles. The van der Waals surface area contributed by atoms with Crippen LogP contribution in [0.5, 0.6) is 0 Å². The van der Waals surface area contributed by atoms with Gasteiger partial charge in [0.2, 0.25) is 7.29 Å². The highest BCUT2D eigenvalue weighted by molar-refractivity contribution is 7.76. The molecule has 0 bridgehead atoms. The van der Waals surface area contributed by atoms with E-state index in [0.717, 1.165) is 16.2 Å². The zero-order valence-electron chi connectivity index (χ0n) is 16.6. The van der Waals surface area contributed by atoms with E-state index in [4.69, 9.17) is 0 Å². The van der Waals surface area contributed by atoms with Gasteiger partial charge in [0.15, 0.2) is 0 Å². The third-order valence-electron chi connectivity index (χ3n) is 4.27. The monoisotopic (exact) mass is 403 g/mol. The molecule has 0 spiro atoms. The average molecular weight is 404 g/mol. The molecule has 3 aromatic carbocycles. The van der Waals surface area contributed by atoms with Crippen molar-refractivity contribution in [1.29, 1.82) is 0 Å². The minimum absolute atomic E-state index is 0.306. The minimum atomic E-state index is -3.06. The van der Waals surface area contributed by atoms with Crippen LogP contribution < -0.4 is 15.7 Å². The van der Waals surface area contributed by atoms with Gasteiger partial charge in [-0.25, -0.2) is 5.09 Å². The van der Waals surface area contributed by atoms with Crippen molar-refractivity contribution in [1.82, 2.24) is 5.09 Å². The highest BCUT2D eigenvalue weighted by Gasteiger charge is 2.30. The molecule has 1 atom stereocenters. The van der Waals surface area contributed by atoms with Crippen molar-refractivity contribution in [3.63, 3.8) is 0 Å². The summed E-state index contributed by atoms with van der Waals surface area (Å²) in [6.07, 6.45) is 0. The first-order chi connectivity index (χ1) is 13.4. The van der Waals surface area contributed by atoms with Gasteiger partial charge in [-0.05, 0) is 29.8 Å². The largest absolute Gasteiger partial charge is 0.296 e. The Morgan fingerprint density at radius 1 is 0.750 bits per heavy atom. The van der Waals surface area contributed by atoms with Gasteiger partial charge in [0.1, 0.15) is 8.07 Å². The molecule has 0 aromatic heterocycles. The predicted molar refractivity (Wildman–Crippen MR) is 123 cm³/mol. The van der Waals surface area contributed by atoms with E-state index in [1.54, 1.807) is 0 Å². The molecule has 2 nitrogen and oxygen atoms in total. The Balaban J connectivity index is 2.11. The Kier molecular flexibility index (Phi) is 6.37. The first-order valence-corrected chi connectivity index (χ1v) is 14.7. The molecule has 0 radical (unpaired) electrons. The first-order valence-electron chi connectivity index (χ1n) is 9.45. The van der Waals surface area contributed by atoms with Gasteiger partial charge in [-0.2, -0.15) is 0 Å². The lowest BCUT2D eigenvalue weighted by Gasteiger charge is -2.25. The van der Waals surface area contributed by atoms with E-state index in [1.807, 2.05) is 91.0 Å². The summed E-state index contributed by atoms with van der Waals surface area (Å²) >= 11 is 0. The highest BCUT2D eigenvalue weighted by atomic mass is 31.2. The van der Waals surface area contributed by atoms with Crippen molar-refractivity contribution in [3.8, 4) is 11.5 Å². The van der Waals surface area contributed by atoms with Crippen LogP contribution in [0.15, 0.2) is 91.0 Å². The molecule has 28 heavy (non-hydrogen) atoms. The summed E-state index contributed by atoms with van der Waals surface area (Å²) in [6.45, 7) is 6.65. The lowest BCUT2D eigenvalue weighted by atomic mass is 10.1. The molecule has 0 unspecified atom stereocenters. The van der Waals surface area contributed by atoms with E-state index in [9.17, 15) is 4.57 Å². The van der Waals surface area contributed by atoms with E-state index >= 15 is 0 Å².